The predicted octanol–water partition coefficient (Wildman–Crippen LogP) is 2.60. The summed E-state index contributed by atoms with van der Waals surface area (Å²) in [5, 5.41) is 9.19. The molecular weight excluding hydrogens is 308 g/mol. The van der Waals surface area contributed by atoms with Gasteiger partial charge in [0.25, 0.3) is 0 Å². The summed E-state index contributed by atoms with van der Waals surface area (Å²) in [5.74, 6) is 0.156. The van der Waals surface area contributed by atoms with E-state index in [-0.39, 0.29) is 12.5 Å². The number of thioether (sulfide) groups is 1. The van der Waals surface area contributed by atoms with Crippen LogP contribution < -0.4 is 0 Å². The number of rotatable bonds is 7. The van der Waals surface area contributed by atoms with Crippen molar-refractivity contribution in [3.05, 3.63) is 29.8 Å². The maximum atomic E-state index is 12.5. The molecule has 4 nitrogen and oxygen atoms in total. The summed E-state index contributed by atoms with van der Waals surface area (Å²) in [6, 6.07) is 8.73. The van der Waals surface area contributed by atoms with Gasteiger partial charge in [0.1, 0.15) is 0 Å². The lowest BCUT2D eigenvalue weighted by molar-refractivity contribution is -0.132. The molecule has 1 unspecified atom stereocenters. The van der Waals surface area contributed by atoms with E-state index >= 15 is 0 Å². The minimum atomic E-state index is 0.156. The van der Waals surface area contributed by atoms with Crippen molar-refractivity contribution in [3.8, 4) is 0 Å². The number of amides is 1. The molecule has 0 saturated carbocycles. The second-order valence-electron chi connectivity index (χ2n) is 6.23. The average Bonchev–Trinajstić information content (AvgIpc) is 2.57. The molecule has 0 bridgehead atoms. The number of likely N-dealkylation sites (N-methyl/N-ethyl adjacent to an activating group) is 1. The molecule has 1 aliphatic heterocycles. The van der Waals surface area contributed by atoms with Crippen LogP contribution in [0.25, 0.3) is 0 Å². The molecule has 23 heavy (non-hydrogen) atoms. The highest BCUT2D eigenvalue weighted by molar-refractivity contribution is 7.98. The first kappa shape index (κ1) is 18.3. The summed E-state index contributed by atoms with van der Waals surface area (Å²) < 4.78 is 0. The van der Waals surface area contributed by atoms with Gasteiger partial charge in [0.2, 0.25) is 5.91 Å². The van der Waals surface area contributed by atoms with Crippen molar-refractivity contribution in [2.45, 2.75) is 43.2 Å². The Bertz CT molecular complexity index is 490. The number of carbonyl (C=O) groups is 1. The Morgan fingerprint density at radius 2 is 2.09 bits per heavy atom. The van der Waals surface area contributed by atoms with Crippen molar-refractivity contribution in [2.24, 2.45) is 0 Å². The van der Waals surface area contributed by atoms with Gasteiger partial charge in [0.05, 0.1) is 6.54 Å². The molecular formula is C18H28N2O2S. The third kappa shape index (κ3) is 5.52. The van der Waals surface area contributed by atoms with E-state index in [1.165, 1.54) is 11.3 Å². The highest BCUT2D eigenvalue weighted by Gasteiger charge is 2.24. The van der Waals surface area contributed by atoms with E-state index in [1.54, 1.807) is 16.7 Å². The van der Waals surface area contributed by atoms with Gasteiger partial charge in [-0.05, 0) is 49.8 Å². The van der Waals surface area contributed by atoms with Crippen LogP contribution in [0.4, 0.5) is 0 Å². The first-order chi connectivity index (χ1) is 11.1. The molecule has 1 N–H and O–H groups in total. The fourth-order valence-corrected chi connectivity index (χ4v) is 3.54. The van der Waals surface area contributed by atoms with Crippen LogP contribution in [0.1, 0.15) is 31.2 Å². The number of nitrogens with zero attached hydrogens (tertiary/aromatic N) is 2. The number of hydrogen-bond acceptors (Lipinski definition) is 4. The SMILES string of the molecule is CSc1ccc(CN(C)C(=O)CN2CCCCC2CCO)cc1. The largest absolute Gasteiger partial charge is 0.396 e. The number of benzene rings is 1. The Morgan fingerprint density at radius 3 is 2.74 bits per heavy atom. The molecule has 1 heterocycles. The summed E-state index contributed by atoms with van der Waals surface area (Å²) >= 11 is 1.72. The van der Waals surface area contributed by atoms with Crippen LogP contribution in [0.15, 0.2) is 29.2 Å². The lowest BCUT2D eigenvalue weighted by atomic mass is 9.99. The van der Waals surface area contributed by atoms with Crippen molar-refractivity contribution >= 4 is 17.7 Å². The zero-order valence-corrected chi connectivity index (χ0v) is 15.0. The minimum Gasteiger partial charge on any atom is -0.396 e. The summed E-state index contributed by atoms with van der Waals surface area (Å²) in [7, 11) is 1.87. The highest BCUT2D eigenvalue weighted by atomic mass is 32.2. The molecule has 1 aromatic rings. The summed E-state index contributed by atoms with van der Waals surface area (Å²) in [6.45, 7) is 2.27. The molecule has 2 rings (SSSR count). The maximum Gasteiger partial charge on any atom is 0.236 e. The number of aliphatic hydroxyl groups excluding tert-OH is 1. The molecule has 1 amide bonds. The lowest BCUT2D eigenvalue weighted by Crippen LogP contribution is -2.46. The minimum absolute atomic E-state index is 0.156. The molecule has 1 saturated heterocycles. The van der Waals surface area contributed by atoms with E-state index in [9.17, 15) is 9.90 Å². The normalized spacial score (nSPS) is 18.8. The van der Waals surface area contributed by atoms with Crippen LogP contribution in [-0.2, 0) is 11.3 Å². The zero-order chi connectivity index (χ0) is 16.7. The second-order valence-corrected chi connectivity index (χ2v) is 7.11. The van der Waals surface area contributed by atoms with E-state index in [0.717, 1.165) is 31.4 Å². The standard InChI is InChI=1S/C18H28N2O2S/c1-19(13-15-6-8-17(23-2)9-7-15)18(22)14-20-11-4-3-5-16(20)10-12-21/h6-9,16,21H,3-5,10-14H2,1-2H3. The van der Waals surface area contributed by atoms with Crippen LogP contribution in [0.3, 0.4) is 0 Å². The van der Waals surface area contributed by atoms with Gasteiger partial charge in [-0.1, -0.05) is 18.6 Å². The maximum absolute atomic E-state index is 12.5. The summed E-state index contributed by atoms with van der Waals surface area (Å²) in [5.41, 5.74) is 1.16. The zero-order valence-electron chi connectivity index (χ0n) is 14.2. The molecule has 0 spiro atoms. The fourth-order valence-electron chi connectivity index (χ4n) is 3.13. The number of hydrogen-bond donors (Lipinski definition) is 1. The fraction of sp³-hybridized carbons (Fsp3) is 0.611. The molecule has 1 aromatic carbocycles. The molecule has 0 radical (unpaired) electrons. The molecule has 1 atom stereocenters. The van der Waals surface area contributed by atoms with Crippen LogP contribution in [0.2, 0.25) is 0 Å². The molecule has 0 aromatic heterocycles. The van der Waals surface area contributed by atoms with Crippen LogP contribution in [0.5, 0.6) is 0 Å². The first-order valence-corrected chi connectivity index (χ1v) is 9.58. The molecule has 1 aliphatic rings. The Kier molecular flexibility index (Phi) is 7.40. The Hall–Kier alpha value is -1.04. The third-order valence-electron chi connectivity index (χ3n) is 4.55. The van der Waals surface area contributed by atoms with E-state index in [4.69, 9.17) is 0 Å². The number of likely N-dealkylation sites (tertiary alicyclic amines) is 1. The van der Waals surface area contributed by atoms with Crippen LogP contribution in [-0.4, -0.2) is 59.9 Å². The Balaban J connectivity index is 1.87. The smallest absolute Gasteiger partial charge is 0.236 e. The van der Waals surface area contributed by atoms with E-state index in [1.807, 2.05) is 7.05 Å². The Labute approximate surface area is 143 Å². The molecule has 1 fully saturated rings. The van der Waals surface area contributed by atoms with E-state index in [0.29, 0.717) is 19.1 Å². The second kappa shape index (κ2) is 9.30. The van der Waals surface area contributed by atoms with Gasteiger partial charge < -0.3 is 10.0 Å². The third-order valence-corrected chi connectivity index (χ3v) is 5.30. The molecule has 5 heteroatoms. The lowest BCUT2D eigenvalue weighted by Gasteiger charge is -2.35. The van der Waals surface area contributed by atoms with Crippen LogP contribution >= 0.6 is 11.8 Å². The number of carbonyl (C=O) groups excluding carboxylic acids is 1. The Morgan fingerprint density at radius 1 is 1.35 bits per heavy atom. The quantitative estimate of drug-likeness (QED) is 0.778. The van der Waals surface area contributed by atoms with Crippen molar-refractivity contribution in [1.29, 1.82) is 0 Å². The number of aliphatic hydroxyl groups is 1. The number of piperidine rings is 1. The summed E-state index contributed by atoms with van der Waals surface area (Å²) in [6.07, 6.45) is 6.27. The predicted molar refractivity (Wildman–Crippen MR) is 95.6 cm³/mol. The molecule has 128 valence electrons. The van der Waals surface area contributed by atoms with E-state index < -0.39 is 0 Å². The topological polar surface area (TPSA) is 43.8 Å². The molecule has 0 aliphatic carbocycles. The van der Waals surface area contributed by atoms with Gasteiger partial charge in [-0.3, -0.25) is 9.69 Å². The van der Waals surface area contributed by atoms with Gasteiger partial charge >= 0.3 is 0 Å². The highest BCUT2D eigenvalue weighted by Crippen LogP contribution is 2.20. The van der Waals surface area contributed by atoms with Crippen molar-refractivity contribution < 1.29 is 9.90 Å². The van der Waals surface area contributed by atoms with Crippen molar-refractivity contribution in [2.75, 3.05) is 33.0 Å². The van der Waals surface area contributed by atoms with Gasteiger partial charge in [0, 0.05) is 31.1 Å². The summed E-state index contributed by atoms with van der Waals surface area (Å²) in [4.78, 5) is 17.8. The van der Waals surface area contributed by atoms with E-state index in [2.05, 4.69) is 35.4 Å². The van der Waals surface area contributed by atoms with Gasteiger partial charge in [-0.2, -0.15) is 0 Å². The van der Waals surface area contributed by atoms with Crippen LogP contribution in [0, 0.1) is 0 Å². The van der Waals surface area contributed by atoms with Crippen molar-refractivity contribution in [1.82, 2.24) is 9.80 Å². The van der Waals surface area contributed by atoms with Crippen molar-refractivity contribution in [3.63, 3.8) is 0 Å². The van der Waals surface area contributed by atoms with Gasteiger partial charge in [-0.25, -0.2) is 0 Å². The first-order valence-electron chi connectivity index (χ1n) is 8.36. The van der Waals surface area contributed by atoms with Gasteiger partial charge in [-0.15, -0.1) is 11.8 Å². The monoisotopic (exact) mass is 336 g/mol. The van der Waals surface area contributed by atoms with Gasteiger partial charge in [0.15, 0.2) is 0 Å². The average molecular weight is 337 g/mol.